The van der Waals surface area contributed by atoms with Crippen molar-refractivity contribution < 1.29 is 28.8 Å². The van der Waals surface area contributed by atoms with Crippen LogP contribution in [0.5, 0.6) is 0 Å². The van der Waals surface area contributed by atoms with Crippen molar-refractivity contribution in [1.82, 2.24) is 0 Å². The molecule has 0 amide bonds. The fourth-order valence-electron chi connectivity index (χ4n) is 2.27. The van der Waals surface area contributed by atoms with Gasteiger partial charge in [-0.05, 0) is 12.8 Å². The maximum atomic E-state index is 12.2. The monoisotopic (exact) mass is 954 g/mol. The normalized spacial score (nSPS) is 12.0. The zero-order valence-corrected chi connectivity index (χ0v) is 39.2. The van der Waals surface area contributed by atoms with Crippen LogP contribution in [0, 0.1) is 0 Å². The van der Waals surface area contributed by atoms with Gasteiger partial charge in [0.1, 0.15) is 0 Å². The van der Waals surface area contributed by atoms with E-state index in [2.05, 4.69) is 0 Å². The number of thioether (sulfide) groups is 15. The van der Waals surface area contributed by atoms with Crippen LogP contribution in [-0.4, -0.2) is 139 Å². The summed E-state index contributed by atoms with van der Waals surface area (Å²) in [5, 5.41) is 28.2. The molecule has 0 radical (unpaired) electrons. The van der Waals surface area contributed by atoms with Crippen LogP contribution in [0.1, 0.15) is 12.8 Å². The molecule has 0 aromatic heterocycles. The second kappa shape index (κ2) is 43.1. The van der Waals surface area contributed by atoms with Crippen LogP contribution in [0.4, 0.5) is 0 Å². The summed E-state index contributed by atoms with van der Waals surface area (Å²) in [4.78, 5) is 35.3. The lowest BCUT2D eigenvalue weighted by atomic mass is 10.5. The lowest BCUT2D eigenvalue weighted by Gasteiger charge is -2.05. The Labute approximate surface area is 349 Å². The Morgan fingerprint density at radius 1 is 0.426 bits per heavy atom. The highest BCUT2D eigenvalue weighted by molar-refractivity contribution is 8.31. The first-order valence-electron chi connectivity index (χ1n) is 14.0. The molecule has 0 fully saturated rings. The van der Waals surface area contributed by atoms with Crippen molar-refractivity contribution in [3.05, 3.63) is 0 Å². The topological polar surface area (TPSA) is 109 Å². The molecule has 0 saturated heterocycles. The first-order valence-corrected chi connectivity index (χ1v) is 32.3. The smallest absolute Gasteiger partial charge is 0.199 e. The van der Waals surface area contributed by atoms with Crippen molar-refractivity contribution in [2.45, 2.75) is 12.8 Å². The van der Waals surface area contributed by atoms with Gasteiger partial charge < -0.3 is 10.2 Å². The average Bonchev–Trinajstić information content (AvgIpc) is 3.05. The van der Waals surface area contributed by atoms with Gasteiger partial charge in [0.15, 0.2) is 15.3 Å². The van der Waals surface area contributed by atoms with Gasteiger partial charge in [0.25, 0.3) is 0 Å². The predicted molar refractivity (Wildman–Crippen MR) is 248 cm³/mol. The number of hydrogen-bond donors (Lipinski definition) is 2. The Hall–Kier alpha value is 4.33. The first kappa shape index (κ1) is 51.3. The summed E-state index contributed by atoms with van der Waals surface area (Å²) < 4.78 is 12.2. The van der Waals surface area contributed by atoms with Gasteiger partial charge in [0.05, 0.1) is 22.3 Å². The molecular formula is C25H46O6S16. The summed E-state index contributed by atoms with van der Waals surface area (Å²) in [6.45, 7) is 0.279. The van der Waals surface area contributed by atoms with Crippen LogP contribution < -0.4 is 0 Å². The minimum atomic E-state index is -0.768. The van der Waals surface area contributed by atoms with Crippen molar-refractivity contribution >= 4 is 203 Å². The number of aliphatic hydroxyl groups is 2. The van der Waals surface area contributed by atoms with Gasteiger partial charge in [0, 0.05) is 97.9 Å². The molecule has 0 aromatic carbocycles. The molecule has 0 aliphatic rings. The molecule has 0 rings (SSSR count). The molecular weight excluding hydrogens is 909 g/mol. The van der Waals surface area contributed by atoms with Crippen LogP contribution in [0.3, 0.4) is 0 Å². The molecule has 0 aliphatic heterocycles. The fourth-order valence-corrected chi connectivity index (χ4v) is 21.6. The van der Waals surface area contributed by atoms with E-state index in [1.165, 1.54) is 35.3 Å². The molecule has 0 aliphatic carbocycles. The minimum Gasteiger partial charge on any atom is -0.396 e. The number of aliphatic hydroxyl groups excluding tert-OH is 2. The van der Waals surface area contributed by atoms with E-state index in [1.54, 1.807) is 70.6 Å². The van der Waals surface area contributed by atoms with Crippen molar-refractivity contribution in [3.63, 3.8) is 0 Å². The zero-order valence-electron chi connectivity index (χ0n) is 26.1. The van der Waals surface area contributed by atoms with Crippen molar-refractivity contribution in [2.24, 2.45) is 0 Å². The van der Waals surface area contributed by atoms with Gasteiger partial charge in [-0.1, -0.05) is 35.3 Å². The predicted octanol–water partition coefficient (Wildman–Crippen LogP) is 8.61. The summed E-state index contributed by atoms with van der Waals surface area (Å²) in [7, 11) is -0.768. The standard InChI is InChI=1S/C25H46O6S16/c26-3-1-5-44-23(28)9-33-13-37-16-36-12-32-7-8-47(31)22-43-20-41-18-40-19-42-21-46-25(30)11-35-15-39-17-38-14-34-10-24(29)45-6-2-4-27/h26-27H,1-22H2. The maximum absolute atomic E-state index is 12.2. The largest absolute Gasteiger partial charge is 0.396 e. The van der Waals surface area contributed by atoms with E-state index < -0.39 is 10.8 Å². The summed E-state index contributed by atoms with van der Waals surface area (Å²) in [6.07, 6.45) is 1.34. The molecule has 22 heteroatoms. The van der Waals surface area contributed by atoms with Crippen molar-refractivity contribution in [2.75, 3.05) is 109 Å². The van der Waals surface area contributed by atoms with E-state index in [1.807, 2.05) is 70.6 Å². The highest BCUT2D eigenvalue weighted by Crippen LogP contribution is 2.26. The molecule has 1 unspecified atom stereocenters. The van der Waals surface area contributed by atoms with E-state index in [-0.39, 0.29) is 28.6 Å². The Kier molecular flexibility index (Phi) is 47.0. The summed E-state index contributed by atoms with van der Waals surface area (Å²) in [5.74, 6) is 4.68. The molecule has 2 N–H and O–H groups in total. The summed E-state index contributed by atoms with van der Waals surface area (Å²) in [5.41, 5.74) is 0. The second-order valence-electron chi connectivity index (χ2n) is 8.14. The first-order chi connectivity index (χ1) is 23.0. The number of carbonyl (C=O) groups is 3. The van der Waals surface area contributed by atoms with Gasteiger partial charge in [-0.25, -0.2) is 0 Å². The van der Waals surface area contributed by atoms with Gasteiger partial charge in [0.2, 0.25) is 0 Å². The van der Waals surface area contributed by atoms with Gasteiger partial charge in [-0.3, -0.25) is 18.6 Å². The summed E-state index contributed by atoms with van der Waals surface area (Å²) >= 11 is 25.4. The molecule has 0 aromatic rings. The van der Waals surface area contributed by atoms with Gasteiger partial charge in [-0.15, -0.1) is 129 Å². The van der Waals surface area contributed by atoms with Crippen LogP contribution in [0.15, 0.2) is 0 Å². The fraction of sp³-hybridized carbons (Fsp3) is 0.880. The van der Waals surface area contributed by atoms with Gasteiger partial charge >= 0.3 is 0 Å². The van der Waals surface area contributed by atoms with Gasteiger partial charge in [-0.2, -0.15) is 11.8 Å². The van der Waals surface area contributed by atoms with Crippen LogP contribution in [0.2, 0.25) is 0 Å². The molecule has 0 saturated carbocycles. The van der Waals surface area contributed by atoms with E-state index in [4.69, 9.17) is 10.2 Å². The van der Waals surface area contributed by atoms with Crippen molar-refractivity contribution in [3.8, 4) is 0 Å². The second-order valence-corrected chi connectivity index (χ2v) is 29.0. The Balaban J connectivity index is 3.31. The third-order valence-electron chi connectivity index (χ3n) is 4.26. The molecule has 6 nitrogen and oxygen atoms in total. The Morgan fingerprint density at radius 3 is 1.23 bits per heavy atom. The van der Waals surface area contributed by atoms with Crippen LogP contribution in [-0.2, 0) is 25.2 Å². The average molecular weight is 956 g/mol. The quantitative estimate of drug-likeness (QED) is 0.0458. The SMILES string of the molecule is O=C(CSCSCSCSCCS(=O)CSCSCSCSCSC(=O)CSCSCSCSCC(=O)SCCCO)SCCCO. The molecule has 1 atom stereocenters. The van der Waals surface area contributed by atoms with E-state index >= 15 is 0 Å². The molecule has 47 heavy (non-hydrogen) atoms. The van der Waals surface area contributed by atoms with Crippen LogP contribution >= 0.6 is 176 Å². The third-order valence-corrected chi connectivity index (χ3v) is 24.9. The lowest BCUT2D eigenvalue weighted by molar-refractivity contribution is -0.109. The minimum absolute atomic E-state index is 0.137. The Bertz CT molecular complexity index is 773. The molecule has 0 bridgehead atoms. The van der Waals surface area contributed by atoms with Crippen LogP contribution in [0.25, 0.3) is 0 Å². The zero-order chi connectivity index (χ0) is 34.5. The molecule has 278 valence electrons. The number of hydrogen-bond acceptors (Lipinski definition) is 21. The molecule has 0 spiro atoms. The van der Waals surface area contributed by atoms with Crippen molar-refractivity contribution in [1.29, 1.82) is 0 Å². The molecule has 0 heterocycles. The highest BCUT2D eigenvalue weighted by atomic mass is 32.3. The van der Waals surface area contributed by atoms with E-state index in [0.29, 0.717) is 46.7 Å². The van der Waals surface area contributed by atoms with E-state index in [0.717, 1.165) is 62.4 Å². The highest BCUT2D eigenvalue weighted by Gasteiger charge is 2.06. The Morgan fingerprint density at radius 2 is 0.787 bits per heavy atom. The number of carbonyl (C=O) groups excluding carboxylic acids is 3. The number of rotatable bonds is 37. The maximum Gasteiger partial charge on any atom is 0.199 e. The third kappa shape index (κ3) is 42.9. The van der Waals surface area contributed by atoms with E-state index in [9.17, 15) is 18.6 Å². The summed E-state index contributed by atoms with van der Waals surface area (Å²) in [6, 6.07) is 0. The lowest BCUT2D eigenvalue weighted by Crippen LogP contribution is -2.02.